The molecule has 0 bridgehead atoms. The Bertz CT molecular complexity index is 704. The van der Waals surface area contributed by atoms with Gasteiger partial charge in [0.05, 0.1) is 5.69 Å². The molecule has 2 heterocycles. The molecular formula is C18H23N3. The maximum atomic E-state index is 4.57. The van der Waals surface area contributed by atoms with Crippen molar-refractivity contribution in [2.45, 2.75) is 40.3 Å². The molecule has 0 amide bonds. The first-order valence-corrected chi connectivity index (χ1v) is 7.41. The first-order chi connectivity index (χ1) is 9.84. The molecule has 3 rings (SSSR count). The fraction of sp³-hybridized carbons (Fsp3) is 0.389. The Morgan fingerprint density at radius 2 is 1.76 bits per heavy atom. The van der Waals surface area contributed by atoms with Crippen molar-refractivity contribution < 1.29 is 0 Å². The van der Waals surface area contributed by atoms with E-state index in [-0.39, 0.29) is 5.66 Å². The van der Waals surface area contributed by atoms with Crippen molar-refractivity contribution in [2.75, 3.05) is 16.8 Å². The van der Waals surface area contributed by atoms with Gasteiger partial charge in [0.15, 0.2) is 5.82 Å². The molecule has 0 saturated carbocycles. The lowest BCUT2D eigenvalue weighted by atomic mass is 10.0. The van der Waals surface area contributed by atoms with Crippen molar-refractivity contribution in [1.82, 2.24) is 4.98 Å². The van der Waals surface area contributed by atoms with E-state index in [0.29, 0.717) is 0 Å². The SMILES string of the molecule is Cc1cc(C)c(C)c(N2c3cccnc3N(C)C2(C)C)c1. The van der Waals surface area contributed by atoms with Crippen molar-refractivity contribution in [3.05, 3.63) is 47.2 Å². The zero-order valence-corrected chi connectivity index (χ0v) is 13.7. The second-order valence-corrected chi connectivity index (χ2v) is 6.46. The first-order valence-electron chi connectivity index (χ1n) is 7.41. The summed E-state index contributed by atoms with van der Waals surface area (Å²) in [5.41, 5.74) is 6.28. The highest BCUT2D eigenvalue weighted by Crippen LogP contribution is 2.48. The van der Waals surface area contributed by atoms with E-state index >= 15 is 0 Å². The molecule has 2 aromatic rings. The second kappa shape index (κ2) is 4.48. The molecule has 3 heteroatoms. The Balaban J connectivity index is 2.27. The summed E-state index contributed by atoms with van der Waals surface area (Å²) < 4.78 is 0. The van der Waals surface area contributed by atoms with Crippen LogP contribution >= 0.6 is 0 Å². The molecule has 1 aromatic carbocycles. The number of pyridine rings is 1. The van der Waals surface area contributed by atoms with E-state index in [4.69, 9.17) is 0 Å². The van der Waals surface area contributed by atoms with Gasteiger partial charge in [-0.25, -0.2) is 4.98 Å². The van der Waals surface area contributed by atoms with E-state index in [9.17, 15) is 0 Å². The van der Waals surface area contributed by atoms with Gasteiger partial charge in [0.2, 0.25) is 0 Å². The lowest BCUT2D eigenvalue weighted by Gasteiger charge is -2.39. The highest BCUT2D eigenvalue weighted by atomic mass is 15.5. The summed E-state index contributed by atoms with van der Waals surface area (Å²) in [5, 5.41) is 0. The summed E-state index contributed by atoms with van der Waals surface area (Å²) in [6.45, 7) is 11.0. The summed E-state index contributed by atoms with van der Waals surface area (Å²) in [6.07, 6.45) is 1.86. The van der Waals surface area contributed by atoms with Gasteiger partial charge in [-0.1, -0.05) is 6.07 Å². The molecule has 1 aliphatic heterocycles. The van der Waals surface area contributed by atoms with Crippen LogP contribution in [0, 0.1) is 20.8 Å². The topological polar surface area (TPSA) is 19.4 Å². The van der Waals surface area contributed by atoms with Gasteiger partial charge in [0, 0.05) is 18.9 Å². The van der Waals surface area contributed by atoms with Gasteiger partial charge >= 0.3 is 0 Å². The molecular weight excluding hydrogens is 258 g/mol. The Hall–Kier alpha value is -2.03. The Labute approximate surface area is 127 Å². The Kier molecular flexibility index (Phi) is 2.97. The fourth-order valence-electron chi connectivity index (χ4n) is 3.20. The average Bonchev–Trinajstić information content (AvgIpc) is 2.63. The van der Waals surface area contributed by atoms with E-state index in [2.05, 4.69) is 74.6 Å². The normalized spacial score (nSPS) is 16.3. The number of aryl methyl sites for hydroxylation is 2. The molecule has 0 saturated heterocycles. The zero-order valence-electron chi connectivity index (χ0n) is 13.7. The molecule has 0 aliphatic carbocycles. The Morgan fingerprint density at radius 1 is 1.05 bits per heavy atom. The van der Waals surface area contributed by atoms with Crippen LogP contribution in [0.3, 0.4) is 0 Å². The van der Waals surface area contributed by atoms with Gasteiger partial charge in [-0.05, 0) is 69.5 Å². The zero-order chi connectivity index (χ0) is 15.4. The molecule has 0 fully saturated rings. The summed E-state index contributed by atoms with van der Waals surface area (Å²) >= 11 is 0. The summed E-state index contributed by atoms with van der Waals surface area (Å²) in [4.78, 5) is 9.23. The van der Waals surface area contributed by atoms with Crippen LogP contribution in [-0.4, -0.2) is 17.7 Å². The van der Waals surface area contributed by atoms with Gasteiger partial charge in [-0.2, -0.15) is 0 Å². The van der Waals surface area contributed by atoms with Gasteiger partial charge in [-0.15, -0.1) is 0 Å². The van der Waals surface area contributed by atoms with Gasteiger partial charge in [0.1, 0.15) is 5.66 Å². The number of nitrogens with zero attached hydrogens (tertiary/aromatic N) is 3. The largest absolute Gasteiger partial charge is 0.335 e. The molecule has 0 spiro atoms. The molecule has 3 nitrogen and oxygen atoms in total. The van der Waals surface area contributed by atoms with Crippen LogP contribution < -0.4 is 9.80 Å². The number of hydrogen-bond donors (Lipinski definition) is 0. The van der Waals surface area contributed by atoms with E-state index in [1.54, 1.807) is 0 Å². The fourth-order valence-corrected chi connectivity index (χ4v) is 3.20. The maximum Gasteiger partial charge on any atom is 0.154 e. The molecule has 0 N–H and O–H groups in total. The third-order valence-corrected chi connectivity index (χ3v) is 4.72. The monoisotopic (exact) mass is 281 g/mol. The number of fused-ring (bicyclic) bond motifs is 1. The molecule has 0 atom stereocenters. The third kappa shape index (κ3) is 1.91. The van der Waals surface area contributed by atoms with Crippen molar-refractivity contribution in [1.29, 1.82) is 0 Å². The number of hydrogen-bond acceptors (Lipinski definition) is 3. The smallest absolute Gasteiger partial charge is 0.154 e. The molecule has 21 heavy (non-hydrogen) atoms. The summed E-state index contributed by atoms with van der Waals surface area (Å²) in [7, 11) is 2.11. The van der Waals surface area contributed by atoms with Crippen LogP contribution in [0.25, 0.3) is 0 Å². The molecule has 0 unspecified atom stereocenters. The Morgan fingerprint density at radius 3 is 2.48 bits per heavy atom. The van der Waals surface area contributed by atoms with Crippen LogP contribution in [0.5, 0.6) is 0 Å². The highest BCUT2D eigenvalue weighted by molar-refractivity contribution is 5.84. The minimum Gasteiger partial charge on any atom is -0.335 e. The van der Waals surface area contributed by atoms with Crippen LogP contribution in [0.4, 0.5) is 17.2 Å². The molecule has 0 radical (unpaired) electrons. The molecule has 110 valence electrons. The first kappa shape index (κ1) is 13.9. The van der Waals surface area contributed by atoms with Crippen LogP contribution in [-0.2, 0) is 0 Å². The van der Waals surface area contributed by atoms with Crippen LogP contribution in [0.15, 0.2) is 30.5 Å². The van der Waals surface area contributed by atoms with Crippen molar-refractivity contribution in [2.24, 2.45) is 0 Å². The van der Waals surface area contributed by atoms with E-state index in [1.165, 1.54) is 28.1 Å². The summed E-state index contributed by atoms with van der Waals surface area (Å²) in [5.74, 6) is 1.04. The number of benzene rings is 1. The maximum absolute atomic E-state index is 4.57. The van der Waals surface area contributed by atoms with Gasteiger partial charge in [-0.3, -0.25) is 0 Å². The van der Waals surface area contributed by atoms with Gasteiger partial charge in [0.25, 0.3) is 0 Å². The predicted molar refractivity (Wildman–Crippen MR) is 89.5 cm³/mol. The van der Waals surface area contributed by atoms with Crippen molar-refractivity contribution >= 4 is 17.2 Å². The van der Waals surface area contributed by atoms with Crippen LogP contribution in [0.2, 0.25) is 0 Å². The quantitative estimate of drug-likeness (QED) is 0.775. The minimum atomic E-state index is -0.137. The van der Waals surface area contributed by atoms with Crippen molar-refractivity contribution in [3.63, 3.8) is 0 Å². The number of anilines is 3. The van der Waals surface area contributed by atoms with Crippen molar-refractivity contribution in [3.8, 4) is 0 Å². The molecule has 1 aromatic heterocycles. The standard InChI is InChI=1S/C18H23N3/c1-12-10-13(2)14(3)16(11-12)21-15-8-7-9-19-17(15)20(6)18(21,4)5/h7-11H,1-6H3. The highest BCUT2D eigenvalue weighted by Gasteiger charge is 2.42. The predicted octanol–water partition coefficient (Wildman–Crippen LogP) is 4.33. The lowest BCUT2D eigenvalue weighted by Crippen LogP contribution is -2.49. The van der Waals surface area contributed by atoms with Gasteiger partial charge < -0.3 is 9.80 Å². The van der Waals surface area contributed by atoms with E-state index < -0.39 is 0 Å². The minimum absolute atomic E-state index is 0.137. The lowest BCUT2D eigenvalue weighted by molar-refractivity contribution is 0.519. The number of aromatic nitrogens is 1. The van der Waals surface area contributed by atoms with E-state index in [1.807, 2.05) is 12.3 Å². The average molecular weight is 281 g/mol. The second-order valence-electron chi connectivity index (χ2n) is 6.46. The number of rotatable bonds is 1. The van der Waals surface area contributed by atoms with E-state index in [0.717, 1.165) is 5.82 Å². The van der Waals surface area contributed by atoms with Crippen LogP contribution in [0.1, 0.15) is 30.5 Å². The molecule has 1 aliphatic rings. The third-order valence-electron chi connectivity index (χ3n) is 4.72. The summed E-state index contributed by atoms with van der Waals surface area (Å²) in [6, 6.07) is 8.69.